The Bertz CT molecular complexity index is 1740. The van der Waals surface area contributed by atoms with Gasteiger partial charge in [-0.2, -0.15) is 5.10 Å². The molecule has 1 fully saturated rings. The number of nitrogens with one attached hydrogen (secondary N) is 1. The van der Waals surface area contributed by atoms with E-state index in [9.17, 15) is 14.9 Å². The number of furan rings is 1. The Labute approximate surface area is 240 Å². The summed E-state index contributed by atoms with van der Waals surface area (Å²) in [6, 6.07) is 25.3. The number of nitrogens with zero attached hydrogens (tertiary/aromatic N) is 3. The van der Waals surface area contributed by atoms with E-state index in [4.69, 9.17) is 14.3 Å². The molecule has 4 heterocycles. The molecule has 3 aromatic carbocycles. The highest BCUT2D eigenvalue weighted by molar-refractivity contribution is 9.10. The zero-order valence-electron chi connectivity index (χ0n) is 20.6. The molecule has 198 valence electrons. The average molecular weight is 615 g/mol. The van der Waals surface area contributed by atoms with E-state index in [0.29, 0.717) is 34.2 Å². The molecule has 4 aromatic rings. The first kappa shape index (κ1) is 24.7. The molecule has 1 spiro atoms. The molecule has 0 bridgehead atoms. The summed E-state index contributed by atoms with van der Waals surface area (Å²) in [7, 11) is 0. The van der Waals surface area contributed by atoms with Gasteiger partial charge in [-0.3, -0.25) is 20.2 Å². The van der Waals surface area contributed by atoms with Crippen LogP contribution in [-0.4, -0.2) is 26.7 Å². The minimum Gasteiger partial charge on any atom is -0.457 e. The minimum absolute atomic E-state index is 0.00360. The molecule has 2 atom stereocenters. The number of amides is 1. The normalized spacial score (nSPS) is 22.1. The van der Waals surface area contributed by atoms with Gasteiger partial charge in [0.1, 0.15) is 17.3 Å². The molecule has 40 heavy (non-hydrogen) atoms. The maximum Gasteiger partial charge on any atom is 0.314 e. The number of halogens is 1. The van der Waals surface area contributed by atoms with Gasteiger partial charge < -0.3 is 9.15 Å². The van der Waals surface area contributed by atoms with Gasteiger partial charge in [0.25, 0.3) is 10.9 Å². The molecule has 0 radical (unpaired) electrons. The van der Waals surface area contributed by atoms with Gasteiger partial charge in [-0.25, -0.2) is 5.01 Å². The number of carbonyl (C=O) groups excluding carboxylic acids is 1. The zero-order valence-corrected chi connectivity index (χ0v) is 23.0. The SMILES string of the molecule is O=C1NC2(Oc3ccc(Br)cc3C3CC(c4ccccc4)=NN32)C(=Cc2ccc(-c3ccc([N+](=O)[O-])cc3)o2)S1. The van der Waals surface area contributed by atoms with Crippen LogP contribution in [0.15, 0.2) is 104 Å². The number of thioether (sulfide) groups is 1. The number of ether oxygens (including phenoxy) is 1. The molecule has 2 unspecified atom stereocenters. The lowest BCUT2D eigenvalue weighted by atomic mass is 9.96. The van der Waals surface area contributed by atoms with Crippen molar-refractivity contribution in [3.05, 3.63) is 121 Å². The fourth-order valence-corrected chi connectivity index (χ4v) is 6.42. The van der Waals surface area contributed by atoms with E-state index in [2.05, 4.69) is 21.2 Å². The van der Waals surface area contributed by atoms with Gasteiger partial charge in [0, 0.05) is 34.2 Å². The lowest BCUT2D eigenvalue weighted by Crippen LogP contribution is -2.61. The molecule has 3 aliphatic rings. The quantitative estimate of drug-likeness (QED) is 0.189. The molecule has 9 nitrogen and oxygen atoms in total. The van der Waals surface area contributed by atoms with Crippen LogP contribution in [0.5, 0.6) is 5.75 Å². The Morgan fingerprint density at radius 1 is 1.07 bits per heavy atom. The van der Waals surface area contributed by atoms with E-state index in [1.807, 2.05) is 53.5 Å². The van der Waals surface area contributed by atoms with Crippen LogP contribution in [0.1, 0.15) is 29.3 Å². The third-order valence-corrected chi connectivity index (χ3v) is 8.39. The number of hydrazone groups is 1. The van der Waals surface area contributed by atoms with Crippen molar-refractivity contribution in [2.45, 2.75) is 18.3 Å². The van der Waals surface area contributed by atoms with Crippen LogP contribution < -0.4 is 10.1 Å². The number of non-ortho nitro benzene ring substituents is 1. The molecule has 0 saturated carbocycles. The van der Waals surface area contributed by atoms with Crippen LogP contribution >= 0.6 is 27.7 Å². The third kappa shape index (κ3) is 4.09. The van der Waals surface area contributed by atoms with Crippen molar-refractivity contribution >= 4 is 50.4 Å². The molecular weight excluding hydrogens is 596 g/mol. The van der Waals surface area contributed by atoms with Gasteiger partial charge in [-0.05, 0) is 65.9 Å². The highest BCUT2D eigenvalue weighted by atomic mass is 79.9. The largest absolute Gasteiger partial charge is 0.457 e. The van der Waals surface area contributed by atoms with Crippen molar-refractivity contribution in [1.82, 2.24) is 10.3 Å². The fourth-order valence-electron chi connectivity index (χ4n) is 5.16. The zero-order chi connectivity index (χ0) is 27.4. The van der Waals surface area contributed by atoms with Crippen LogP contribution in [0.25, 0.3) is 17.4 Å². The molecule has 1 aromatic heterocycles. The number of carbonyl (C=O) groups is 1. The van der Waals surface area contributed by atoms with E-state index in [-0.39, 0.29) is 17.0 Å². The standard InChI is InChI=1S/C29H19BrN4O5S/c30-19-8-12-26-22(14-19)24-16-23(17-4-2-1-3-5-17)32-33(24)29(39-26)27(40-28(35)31-29)15-21-11-13-25(38-21)18-6-9-20(10-7-18)34(36)37/h1-15,24H,16H2,(H,31,35). The number of fused-ring (bicyclic) bond motifs is 4. The van der Waals surface area contributed by atoms with Gasteiger partial charge in [0.05, 0.1) is 21.6 Å². The average Bonchev–Trinajstić information content (AvgIpc) is 3.69. The van der Waals surface area contributed by atoms with Crippen molar-refractivity contribution in [2.24, 2.45) is 5.10 Å². The Morgan fingerprint density at radius 3 is 2.65 bits per heavy atom. The summed E-state index contributed by atoms with van der Waals surface area (Å²) >= 11 is 4.61. The van der Waals surface area contributed by atoms with Gasteiger partial charge in [0.15, 0.2) is 0 Å². The molecular formula is C29H19BrN4O5S. The van der Waals surface area contributed by atoms with Crippen molar-refractivity contribution < 1.29 is 18.9 Å². The topological polar surface area (TPSA) is 110 Å². The Hall–Kier alpha value is -4.35. The maximum absolute atomic E-state index is 12.9. The van der Waals surface area contributed by atoms with E-state index in [0.717, 1.165) is 33.1 Å². The predicted molar refractivity (Wildman–Crippen MR) is 155 cm³/mol. The third-order valence-electron chi connectivity index (χ3n) is 7.00. The summed E-state index contributed by atoms with van der Waals surface area (Å²) in [6.07, 6.45) is 2.41. The lowest BCUT2D eigenvalue weighted by molar-refractivity contribution is -0.384. The van der Waals surface area contributed by atoms with Gasteiger partial charge in [-0.1, -0.05) is 46.3 Å². The van der Waals surface area contributed by atoms with Gasteiger partial charge >= 0.3 is 5.85 Å². The Kier molecular flexibility index (Phi) is 5.79. The second-order valence-electron chi connectivity index (χ2n) is 9.43. The number of nitro benzene ring substituents is 1. The number of rotatable bonds is 4. The summed E-state index contributed by atoms with van der Waals surface area (Å²) < 4.78 is 13.6. The first-order valence-electron chi connectivity index (χ1n) is 12.4. The number of benzene rings is 3. The van der Waals surface area contributed by atoms with E-state index >= 15 is 0 Å². The van der Waals surface area contributed by atoms with Crippen LogP contribution in [0.4, 0.5) is 10.5 Å². The molecule has 1 saturated heterocycles. The molecule has 11 heteroatoms. The van der Waals surface area contributed by atoms with E-state index < -0.39 is 10.8 Å². The summed E-state index contributed by atoms with van der Waals surface area (Å²) in [6.45, 7) is 0. The first-order chi connectivity index (χ1) is 19.4. The highest BCUT2D eigenvalue weighted by Crippen LogP contribution is 2.53. The van der Waals surface area contributed by atoms with Crippen molar-refractivity contribution in [2.75, 3.05) is 0 Å². The molecule has 3 aliphatic heterocycles. The van der Waals surface area contributed by atoms with E-state index in [1.54, 1.807) is 30.3 Å². The summed E-state index contributed by atoms with van der Waals surface area (Å²) in [5.41, 5.74) is 3.57. The number of hydrogen-bond acceptors (Lipinski definition) is 8. The maximum atomic E-state index is 12.9. The Balaban J connectivity index is 1.30. The molecule has 7 rings (SSSR count). The van der Waals surface area contributed by atoms with Crippen LogP contribution in [0, 0.1) is 10.1 Å². The summed E-state index contributed by atoms with van der Waals surface area (Å²) in [5, 5.41) is 20.6. The molecule has 0 aliphatic carbocycles. The fraction of sp³-hybridized carbons (Fsp3) is 0.103. The van der Waals surface area contributed by atoms with Crippen molar-refractivity contribution in [3.8, 4) is 17.1 Å². The smallest absolute Gasteiger partial charge is 0.314 e. The summed E-state index contributed by atoms with van der Waals surface area (Å²) in [4.78, 5) is 24.0. The van der Waals surface area contributed by atoms with Crippen LogP contribution in [0.3, 0.4) is 0 Å². The lowest BCUT2D eigenvalue weighted by Gasteiger charge is -2.45. The van der Waals surface area contributed by atoms with Crippen molar-refractivity contribution in [3.63, 3.8) is 0 Å². The van der Waals surface area contributed by atoms with Crippen molar-refractivity contribution in [1.29, 1.82) is 0 Å². The molecule has 1 amide bonds. The monoisotopic (exact) mass is 614 g/mol. The summed E-state index contributed by atoms with van der Waals surface area (Å²) in [5.74, 6) is 0.347. The predicted octanol–water partition coefficient (Wildman–Crippen LogP) is 7.31. The first-order valence-corrected chi connectivity index (χ1v) is 14.0. The van der Waals surface area contributed by atoms with Crippen LogP contribution in [-0.2, 0) is 0 Å². The molecule has 1 N–H and O–H groups in total. The van der Waals surface area contributed by atoms with Crippen LogP contribution in [0.2, 0.25) is 0 Å². The second-order valence-corrected chi connectivity index (χ2v) is 11.4. The minimum atomic E-state index is -1.36. The van der Waals surface area contributed by atoms with E-state index in [1.165, 1.54) is 12.1 Å². The Morgan fingerprint density at radius 2 is 1.88 bits per heavy atom. The highest BCUT2D eigenvalue weighted by Gasteiger charge is 2.58. The van der Waals surface area contributed by atoms with Gasteiger partial charge in [-0.15, -0.1) is 0 Å². The number of nitro groups is 1. The van der Waals surface area contributed by atoms with Gasteiger partial charge in [0.2, 0.25) is 0 Å². The number of hydrogen-bond donors (Lipinski definition) is 1. The second kappa shape index (κ2) is 9.39.